The molecular weight excluding hydrogens is 244 g/mol. The molecule has 1 nitrogen and oxygen atoms in total. The lowest BCUT2D eigenvalue weighted by Crippen LogP contribution is -1.85. The molecule has 0 saturated carbocycles. The van der Waals surface area contributed by atoms with Crippen LogP contribution in [0.4, 0.5) is 0 Å². The number of carbonyl (C=O) groups excluding carboxylic acids is 1. The van der Waals surface area contributed by atoms with Crippen LogP contribution in [0.1, 0.15) is 71.1 Å². The van der Waals surface area contributed by atoms with E-state index in [9.17, 15) is 4.79 Å². The van der Waals surface area contributed by atoms with Crippen molar-refractivity contribution in [1.82, 2.24) is 0 Å². The second-order valence-corrected chi connectivity index (χ2v) is 5.05. The smallest absolute Gasteiger partial charge is 0.221 e. The van der Waals surface area contributed by atoms with E-state index in [4.69, 9.17) is 11.6 Å². The number of carbonyl (C=O) groups is 1. The Labute approximate surface area is 117 Å². The SMILES string of the molecule is CCCCC=CCC=CCCCCCCC(=O)Cl. The van der Waals surface area contributed by atoms with Gasteiger partial charge in [0.2, 0.25) is 5.24 Å². The molecule has 0 aromatic heterocycles. The molecule has 0 aliphatic rings. The lowest BCUT2D eigenvalue weighted by molar-refractivity contribution is -0.111. The van der Waals surface area contributed by atoms with Gasteiger partial charge in [0.05, 0.1) is 0 Å². The molecule has 0 aromatic rings. The van der Waals surface area contributed by atoms with E-state index < -0.39 is 0 Å². The summed E-state index contributed by atoms with van der Waals surface area (Å²) in [5.74, 6) is 0. The summed E-state index contributed by atoms with van der Waals surface area (Å²) in [4.78, 5) is 10.5. The van der Waals surface area contributed by atoms with Gasteiger partial charge in [-0.05, 0) is 43.7 Å². The van der Waals surface area contributed by atoms with Crippen LogP contribution in [0.3, 0.4) is 0 Å². The third kappa shape index (κ3) is 15.4. The van der Waals surface area contributed by atoms with Gasteiger partial charge in [-0.3, -0.25) is 4.79 Å². The molecule has 0 bridgehead atoms. The van der Waals surface area contributed by atoms with E-state index in [0.717, 1.165) is 25.7 Å². The summed E-state index contributed by atoms with van der Waals surface area (Å²) in [6, 6.07) is 0. The van der Waals surface area contributed by atoms with Gasteiger partial charge in [0.15, 0.2) is 0 Å². The Morgan fingerprint density at radius 3 is 2.11 bits per heavy atom. The zero-order valence-corrected chi connectivity index (χ0v) is 12.4. The fraction of sp³-hybridized carbons (Fsp3) is 0.688. The Balaban J connectivity index is 3.18. The third-order valence-electron chi connectivity index (χ3n) is 2.82. The molecule has 18 heavy (non-hydrogen) atoms. The van der Waals surface area contributed by atoms with Crippen molar-refractivity contribution in [1.29, 1.82) is 0 Å². The third-order valence-corrected chi connectivity index (χ3v) is 3.01. The van der Waals surface area contributed by atoms with E-state index in [0.29, 0.717) is 6.42 Å². The van der Waals surface area contributed by atoms with Gasteiger partial charge in [-0.15, -0.1) is 0 Å². The highest BCUT2D eigenvalue weighted by atomic mass is 35.5. The van der Waals surface area contributed by atoms with Crippen molar-refractivity contribution in [3.63, 3.8) is 0 Å². The summed E-state index contributed by atoms with van der Waals surface area (Å²) in [6.45, 7) is 2.22. The van der Waals surface area contributed by atoms with Crippen LogP contribution in [-0.4, -0.2) is 5.24 Å². The first-order valence-electron chi connectivity index (χ1n) is 7.25. The van der Waals surface area contributed by atoms with Crippen molar-refractivity contribution >= 4 is 16.8 Å². The van der Waals surface area contributed by atoms with Gasteiger partial charge in [-0.2, -0.15) is 0 Å². The Hall–Kier alpha value is -0.560. The standard InChI is InChI=1S/C16H27ClO/c1-2-3-4-5-6-7-8-9-10-11-12-13-14-15-16(17)18/h5-6,8-9H,2-4,7,10-15H2,1H3. The van der Waals surface area contributed by atoms with Crippen molar-refractivity contribution < 1.29 is 4.79 Å². The zero-order valence-electron chi connectivity index (χ0n) is 11.7. The van der Waals surface area contributed by atoms with Gasteiger partial charge in [0, 0.05) is 6.42 Å². The molecule has 0 spiro atoms. The second kappa shape index (κ2) is 14.5. The molecule has 0 aliphatic carbocycles. The highest BCUT2D eigenvalue weighted by molar-refractivity contribution is 6.63. The first-order valence-corrected chi connectivity index (χ1v) is 7.63. The second-order valence-electron chi connectivity index (χ2n) is 4.63. The Bertz CT molecular complexity index is 243. The van der Waals surface area contributed by atoms with E-state index >= 15 is 0 Å². The Morgan fingerprint density at radius 1 is 0.889 bits per heavy atom. The monoisotopic (exact) mass is 270 g/mol. The van der Waals surface area contributed by atoms with Crippen LogP contribution >= 0.6 is 11.6 Å². The molecule has 2 heteroatoms. The summed E-state index contributed by atoms with van der Waals surface area (Å²) >= 11 is 5.26. The van der Waals surface area contributed by atoms with Crippen LogP contribution in [0.5, 0.6) is 0 Å². The molecule has 0 aromatic carbocycles. The topological polar surface area (TPSA) is 17.1 Å². The van der Waals surface area contributed by atoms with E-state index in [1.165, 1.54) is 32.1 Å². The Kier molecular flexibility index (Phi) is 14.0. The molecule has 0 saturated heterocycles. The average Bonchev–Trinajstić information content (AvgIpc) is 2.34. The quantitative estimate of drug-likeness (QED) is 0.249. The molecule has 0 atom stereocenters. The summed E-state index contributed by atoms with van der Waals surface area (Å²) in [5.41, 5.74) is 0. The number of unbranched alkanes of at least 4 members (excludes halogenated alkanes) is 6. The highest BCUT2D eigenvalue weighted by Gasteiger charge is 1.94. The number of hydrogen-bond acceptors (Lipinski definition) is 1. The minimum Gasteiger partial charge on any atom is -0.281 e. The summed E-state index contributed by atoms with van der Waals surface area (Å²) < 4.78 is 0. The molecule has 0 fully saturated rings. The van der Waals surface area contributed by atoms with Crippen LogP contribution < -0.4 is 0 Å². The van der Waals surface area contributed by atoms with Crippen molar-refractivity contribution in [2.24, 2.45) is 0 Å². The van der Waals surface area contributed by atoms with Crippen molar-refractivity contribution in [3.8, 4) is 0 Å². The molecule has 0 radical (unpaired) electrons. The van der Waals surface area contributed by atoms with Gasteiger partial charge >= 0.3 is 0 Å². The molecule has 0 N–H and O–H groups in total. The van der Waals surface area contributed by atoms with E-state index in [1.807, 2.05) is 0 Å². The van der Waals surface area contributed by atoms with Gasteiger partial charge in [0.1, 0.15) is 0 Å². The maximum Gasteiger partial charge on any atom is 0.221 e. The maximum absolute atomic E-state index is 10.5. The van der Waals surface area contributed by atoms with Crippen LogP contribution in [0.25, 0.3) is 0 Å². The molecule has 0 aliphatic heterocycles. The number of hydrogen-bond donors (Lipinski definition) is 0. The highest BCUT2D eigenvalue weighted by Crippen LogP contribution is 2.07. The largest absolute Gasteiger partial charge is 0.281 e. The normalized spacial score (nSPS) is 11.7. The van der Waals surface area contributed by atoms with Crippen molar-refractivity contribution in [2.75, 3.05) is 0 Å². The van der Waals surface area contributed by atoms with Gasteiger partial charge < -0.3 is 0 Å². The summed E-state index contributed by atoms with van der Waals surface area (Å²) in [5, 5.41) is -0.204. The van der Waals surface area contributed by atoms with Gasteiger partial charge in [-0.25, -0.2) is 0 Å². The van der Waals surface area contributed by atoms with E-state index in [-0.39, 0.29) is 5.24 Å². The van der Waals surface area contributed by atoms with Crippen molar-refractivity contribution in [2.45, 2.75) is 71.1 Å². The minimum absolute atomic E-state index is 0.204. The number of halogens is 1. The molecule has 0 heterocycles. The molecule has 104 valence electrons. The van der Waals surface area contributed by atoms with Crippen LogP contribution in [-0.2, 0) is 4.79 Å². The van der Waals surface area contributed by atoms with Gasteiger partial charge in [-0.1, -0.05) is 56.9 Å². The summed E-state index contributed by atoms with van der Waals surface area (Å²) in [7, 11) is 0. The summed E-state index contributed by atoms with van der Waals surface area (Å²) in [6.07, 6.45) is 20.0. The van der Waals surface area contributed by atoms with Crippen molar-refractivity contribution in [3.05, 3.63) is 24.3 Å². The molecular formula is C16H27ClO. The maximum atomic E-state index is 10.5. The first-order chi connectivity index (χ1) is 8.77. The lowest BCUT2D eigenvalue weighted by atomic mass is 10.1. The lowest BCUT2D eigenvalue weighted by Gasteiger charge is -1.96. The first kappa shape index (κ1) is 17.4. The van der Waals surface area contributed by atoms with Crippen LogP contribution in [0.15, 0.2) is 24.3 Å². The average molecular weight is 271 g/mol. The zero-order chi connectivity index (χ0) is 13.5. The van der Waals surface area contributed by atoms with Crippen LogP contribution in [0, 0.1) is 0 Å². The predicted octanol–water partition coefficient (Wildman–Crippen LogP) is 5.79. The molecule has 0 unspecified atom stereocenters. The predicted molar refractivity (Wildman–Crippen MR) is 81.0 cm³/mol. The van der Waals surface area contributed by atoms with Crippen LogP contribution in [0.2, 0.25) is 0 Å². The van der Waals surface area contributed by atoms with E-state index in [2.05, 4.69) is 31.2 Å². The minimum atomic E-state index is -0.204. The number of rotatable bonds is 12. The fourth-order valence-corrected chi connectivity index (χ4v) is 1.84. The Morgan fingerprint density at radius 2 is 1.50 bits per heavy atom. The molecule has 0 rings (SSSR count). The number of allylic oxidation sites excluding steroid dienone is 4. The van der Waals surface area contributed by atoms with E-state index in [1.54, 1.807) is 0 Å². The van der Waals surface area contributed by atoms with Gasteiger partial charge in [0.25, 0.3) is 0 Å². The fourth-order valence-electron chi connectivity index (χ4n) is 1.71. The molecule has 0 amide bonds.